The third-order valence-electron chi connectivity index (χ3n) is 5.01. The highest BCUT2D eigenvalue weighted by Gasteiger charge is 2.27. The van der Waals surface area contributed by atoms with Crippen LogP contribution in [-0.4, -0.2) is 36.1 Å². The summed E-state index contributed by atoms with van der Waals surface area (Å²) in [5, 5.41) is 4.75. The molecule has 2 heterocycles. The van der Waals surface area contributed by atoms with E-state index in [1.807, 2.05) is 11.3 Å². The average Bonchev–Trinajstić information content (AvgIpc) is 2.85. The summed E-state index contributed by atoms with van der Waals surface area (Å²) in [6, 6.07) is 15.5. The highest BCUT2D eigenvalue weighted by Crippen LogP contribution is 2.36. The molecule has 3 nitrogen and oxygen atoms in total. The van der Waals surface area contributed by atoms with E-state index in [9.17, 15) is 0 Å². The minimum absolute atomic E-state index is 0.247. The standard InChI is InChI=1S/C21H25N3S/c1-15-8-9-16(2)17(14-15)20(24-12-5-10-22-11-13-24)21-23-18-6-3-4-7-19(18)25-21/h3-4,6-9,14,20,22H,5,10-13H2,1-2H3. The van der Waals surface area contributed by atoms with Gasteiger partial charge in [-0.25, -0.2) is 4.98 Å². The topological polar surface area (TPSA) is 28.2 Å². The van der Waals surface area contributed by atoms with Gasteiger partial charge in [0.05, 0.1) is 16.3 Å². The van der Waals surface area contributed by atoms with Crippen molar-refractivity contribution >= 4 is 21.6 Å². The molecule has 1 aliphatic rings. The molecule has 2 aromatic carbocycles. The lowest BCUT2D eigenvalue weighted by atomic mass is 9.97. The minimum atomic E-state index is 0.247. The zero-order chi connectivity index (χ0) is 17.2. The molecule has 1 aromatic heterocycles. The second-order valence-corrected chi connectivity index (χ2v) is 7.98. The number of hydrogen-bond acceptors (Lipinski definition) is 4. The van der Waals surface area contributed by atoms with E-state index < -0.39 is 0 Å². The van der Waals surface area contributed by atoms with Crippen LogP contribution < -0.4 is 5.32 Å². The summed E-state index contributed by atoms with van der Waals surface area (Å²) in [5.74, 6) is 0. The molecule has 1 atom stereocenters. The Bertz CT molecular complexity index is 829. The van der Waals surface area contributed by atoms with Crippen LogP contribution in [0.5, 0.6) is 0 Å². The molecular formula is C21H25N3S. The third kappa shape index (κ3) is 3.47. The summed E-state index contributed by atoms with van der Waals surface area (Å²) in [6.45, 7) is 8.74. The molecule has 1 N–H and O–H groups in total. The maximum Gasteiger partial charge on any atom is 0.116 e. The molecular weight excluding hydrogens is 326 g/mol. The molecule has 1 aliphatic heterocycles. The first kappa shape index (κ1) is 16.7. The van der Waals surface area contributed by atoms with Gasteiger partial charge in [0.2, 0.25) is 0 Å². The van der Waals surface area contributed by atoms with Crippen LogP contribution in [-0.2, 0) is 0 Å². The maximum absolute atomic E-state index is 5.02. The quantitative estimate of drug-likeness (QED) is 0.763. The van der Waals surface area contributed by atoms with Crippen LogP contribution in [0.4, 0.5) is 0 Å². The lowest BCUT2D eigenvalue weighted by molar-refractivity contribution is 0.240. The molecule has 25 heavy (non-hydrogen) atoms. The van der Waals surface area contributed by atoms with E-state index in [0.29, 0.717) is 0 Å². The first-order valence-electron chi connectivity index (χ1n) is 9.10. The second-order valence-electron chi connectivity index (χ2n) is 6.92. The van der Waals surface area contributed by atoms with E-state index in [-0.39, 0.29) is 6.04 Å². The molecule has 4 rings (SSSR count). The Hall–Kier alpha value is -1.75. The molecule has 0 saturated carbocycles. The lowest BCUT2D eigenvalue weighted by Gasteiger charge is -2.30. The normalized spacial score (nSPS) is 17.5. The Morgan fingerprint density at radius 3 is 2.84 bits per heavy atom. The summed E-state index contributed by atoms with van der Waals surface area (Å²) < 4.78 is 1.28. The summed E-state index contributed by atoms with van der Waals surface area (Å²) in [5.41, 5.74) is 5.19. The largest absolute Gasteiger partial charge is 0.315 e. The van der Waals surface area contributed by atoms with Crippen LogP contribution in [0.15, 0.2) is 42.5 Å². The molecule has 0 bridgehead atoms. The van der Waals surface area contributed by atoms with Gasteiger partial charge in [0.15, 0.2) is 0 Å². The first-order valence-corrected chi connectivity index (χ1v) is 9.91. The highest BCUT2D eigenvalue weighted by molar-refractivity contribution is 7.18. The Morgan fingerprint density at radius 2 is 1.96 bits per heavy atom. The second kappa shape index (κ2) is 7.24. The molecule has 0 aliphatic carbocycles. The molecule has 1 fully saturated rings. The molecule has 0 spiro atoms. The minimum Gasteiger partial charge on any atom is -0.315 e. The van der Waals surface area contributed by atoms with E-state index in [1.165, 1.54) is 32.8 Å². The van der Waals surface area contributed by atoms with Crippen LogP contribution in [0.3, 0.4) is 0 Å². The van der Waals surface area contributed by atoms with E-state index in [1.54, 1.807) is 0 Å². The molecule has 130 valence electrons. The van der Waals surface area contributed by atoms with Crippen LogP contribution in [0.2, 0.25) is 0 Å². The number of rotatable bonds is 3. The molecule has 1 unspecified atom stereocenters. The van der Waals surface area contributed by atoms with Crippen LogP contribution >= 0.6 is 11.3 Å². The molecule has 1 saturated heterocycles. The Kier molecular flexibility index (Phi) is 4.84. The number of thiazole rings is 1. The van der Waals surface area contributed by atoms with Gasteiger partial charge < -0.3 is 5.32 Å². The van der Waals surface area contributed by atoms with Crippen molar-refractivity contribution in [1.82, 2.24) is 15.2 Å². The van der Waals surface area contributed by atoms with Crippen molar-refractivity contribution < 1.29 is 0 Å². The smallest absolute Gasteiger partial charge is 0.116 e. The fourth-order valence-corrected chi connectivity index (χ4v) is 4.79. The first-order chi connectivity index (χ1) is 12.2. The summed E-state index contributed by atoms with van der Waals surface area (Å²) in [7, 11) is 0. The average molecular weight is 352 g/mol. The predicted molar refractivity (Wildman–Crippen MR) is 106 cm³/mol. The van der Waals surface area contributed by atoms with Gasteiger partial charge in [-0.2, -0.15) is 0 Å². The predicted octanol–water partition coefficient (Wildman–Crippen LogP) is 4.30. The van der Waals surface area contributed by atoms with Gasteiger partial charge in [-0.1, -0.05) is 35.9 Å². The van der Waals surface area contributed by atoms with Crippen LogP contribution in [0, 0.1) is 13.8 Å². The third-order valence-corrected chi connectivity index (χ3v) is 6.10. The number of nitrogens with zero attached hydrogens (tertiary/aromatic N) is 2. The van der Waals surface area contributed by atoms with Gasteiger partial charge in [0.25, 0.3) is 0 Å². The molecule has 0 radical (unpaired) electrons. The number of hydrogen-bond donors (Lipinski definition) is 1. The number of aryl methyl sites for hydroxylation is 2. The molecule has 3 aromatic rings. The van der Waals surface area contributed by atoms with Gasteiger partial charge in [-0.3, -0.25) is 4.90 Å². The van der Waals surface area contributed by atoms with Crippen molar-refractivity contribution in [1.29, 1.82) is 0 Å². The van der Waals surface area contributed by atoms with E-state index in [4.69, 9.17) is 4.98 Å². The summed E-state index contributed by atoms with van der Waals surface area (Å²) in [6.07, 6.45) is 1.19. The Labute approximate surface area is 153 Å². The zero-order valence-electron chi connectivity index (χ0n) is 15.0. The van der Waals surface area contributed by atoms with Crippen molar-refractivity contribution in [3.63, 3.8) is 0 Å². The number of fused-ring (bicyclic) bond motifs is 1. The van der Waals surface area contributed by atoms with Crippen molar-refractivity contribution in [3.05, 3.63) is 64.2 Å². The molecule has 4 heteroatoms. The summed E-state index contributed by atoms with van der Waals surface area (Å²) in [4.78, 5) is 7.63. The van der Waals surface area contributed by atoms with Crippen molar-refractivity contribution in [2.75, 3.05) is 26.2 Å². The highest BCUT2D eigenvalue weighted by atomic mass is 32.1. The Balaban J connectivity index is 1.83. The Morgan fingerprint density at radius 1 is 1.08 bits per heavy atom. The van der Waals surface area contributed by atoms with Crippen molar-refractivity contribution in [3.8, 4) is 0 Å². The lowest BCUT2D eigenvalue weighted by Crippen LogP contribution is -2.33. The van der Waals surface area contributed by atoms with Gasteiger partial charge >= 0.3 is 0 Å². The van der Waals surface area contributed by atoms with E-state index >= 15 is 0 Å². The van der Waals surface area contributed by atoms with Crippen LogP contribution in [0.1, 0.15) is 34.2 Å². The van der Waals surface area contributed by atoms with Crippen LogP contribution in [0.25, 0.3) is 10.2 Å². The number of benzene rings is 2. The number of aromatic nitrogens is 1. The summed E-state index contributed by atoms with van der Waals surface area (Å²) >= 11 is 1.84. The van der Waals surface area contributed by atoms with E-state index in [2.05, 4.69) is 66.5 Å². The fraction of sp³-hybridized carbons (Fsp3) is 0.381. The molecule has 0 amide bonds. The van der Waals surface area contributed by atoms with Gasteiger partial charge in [-0.15, -0.1) is 11.3 Å². The fourth-order valence-electron chi connectivity index (χ4n) is 3.67. The van der Waals surface area contributed by atoms with Gasteiger partial charge in [-0.05, 0) is 50.1 Å². The number of para-hydroxylation sites is 1. The number of nitrogens with one attached hydrogen (secondary N) is 1. The monoisotopic (exact) mass is 351 g/mol. The van der Waals surface area contributed by atoms with Crippen molar-refractivity contribution in [2.24, 2.45) is 0 Å². The maximum atomic E-state index is 5.02. The SMILES string of the molecule is Cc1ccc(C)c(C(c2nc3ccccc3s2)N2CCCNCC2)c1. The van der Waals surface area contributed by atoms with E-state index in [0.717, 1.165) is 31.7 Å². The van der Waals surface area contributed by atoms with Crippen molar-refractivity contribution in [2.45, 2.75) is 26.3 Å². The van der Waals surface area contributed by atoms with Gasteiger partial charge in [0, 0.05) is 19.6 Å². The zero-order valence-corrected chi connectivity index (χ0v) is 15.8. The van der Waals surface area contributed by atoms with Gasteiger partial charge in [0.1, 0.15) is 5.01 Å².